The van der Waals surface area contributed by atoms with Crippen LogP contribution in [0, 0.1) is 0 Å². The van der Waals surface area contributed by atoms with Crippen molar-refractivity contribution >= 4 is 54.8 Å². The van der Waals surface area contributed by atoms with Gasteiger partial charge in [-0.15, -0.1) is 37.2 Å². The number of amides is 1. The SMILES string of the molecule is CN(Cc1cccc(-c2cnc(N3CCN(c4cccnc4)CC3)nc2)c1)C(=O)CN.Cl.Cl.Cl. The molecule has 3 aromatic rings. The summed E-state index contributed by atoms with van der Waals surface area (Å²) >= 11 is 0. The molecule has 1 fully saturated rings. The summed E-state index contributed by atoms with van der Waals surface area (Å²) in [6.07, 6.45) is 7.43. The van der Waals surface area contributed by atoms with E-state index in [0.717, 1.165) is 54.5 Å². The summed E-state index contributed by atoms with van der Waals surface area (Å²) in [6.45, 7) is 4.09. The molecular weight excluding hydrogens is 497 g/mol. The topological polar surface area (TPSA) is 91.5 Å². The highest BCUT2D eigenvalue weighted by Crippen LogP contribution is 2.22. The number of hydrogen-bond donors (Lipinski definition) is 1. The van der Waals surface area contributed by atoms with E-state index < -0.39 is 0 Å². The largest absolute Gasteiger partial charge is 0.367 e. The second-order valence-electron chi connectivity index (χ2n) is 7.61. The smallest absolute Gasteiger partial charge is 0.236 e. The minimum Gasteiger partial charge on any atom is -0.367 e. The van der Waals surface area contributed by atoms with Crippen LogP contribution in [0.15, 0.2) is 61.2 Å². The molecule has 1 aliphatic heterocycles. The summed E-state index contributed by atoms with van der Waals surface area (Å²) in [7, 11) is 1.76. The minimum absolute atomic E-state index is 0. The van der Waals surface area contributed by atoms with Gasteiger partial charge < -0.3 is 20.4 Å². The Bertz CT molecular complexity index is 1020. The van der Waals surface area contributed by atoms with Gasteiger partial charge in [0.1, 0.15) is 0 Å². The Balaban J connectivity index is 0.00000193. The van der Waals surface area contributed by atoms with Crippen LogP contribution in [-0.2, 0) is 11.3 Å². The van der Waals surface area contributed by atoms with Crippen LogP contribution in [0.1, 0.15) is 5.56 Å². The fourth-order valence-corrected chi connectivity index (χ4v) is 3.71. The van der Waals surface area contributed by atoms with E-state index in [1.165, 1.54) is 0 Å². The first-order valence-corrected chi connectivity index (χ1v) is 10.4. The molecule has 11 heteroatoms. The van der Waals surface area contributed by atoms with Gasteiger partial charge in [0, 0.05) is 63.9 Å². The maximum absolute atomic E-state index is 11.7. The lowest BCUT2D eigenvalue weighted by Gasteiger charge is -2.35. The molecule has 1 aliphatic rings. The van der Waals surface area contributed by atoms with Crippen molar-refractivity contribution in [3.05, 3.63) is 66.7 Å². The zero-order valence-corrected chi connectivity index (χ0v) is 21.4. The average molecular weight is 527 g/mol. The molecule has 1 aromatic carbocycles. The molecule has 0 bridgehead atoms. The number of carbonyl (C=O) groups excluding carboxylic acids is 1. The van der Waals surface area contributed by atoms with E-state index in [9.17, 15) is 4.79 Å². The number of pyridine rings is 1. The van der Waals surface area contributed by atoms with E-state index in [1.807, 2.05) is 42.9 Å². The highest BCUT2D eigenvalue weighted by Gasteiger charge is 2.19. The van der Waals surface area contributed by atoms with Crippen molar-refractivity contribution in [3.8, 4) is 11.1 Å². The standard InChI is InChI=1S/C23H27N7O.3ClH/c1-28(22(31)13-24)17-18-4-2-5-19(12-18)20-14-26-23(27-15-20)30-10-8-29(9-11-30)21-6-3-7-25-16-21;;;/h2-7,12,14-16H,8-11,13,17,24H2,1H3;3*1H. The van der Waals surface area contributed by atoms with Gasteiger partial charge in [0.25, 0.3) is 0 Å². The molecule has 0 radical (unpaired) electrons. The van der Waals surface area contributed by atoms with Crippen LogP contribution >= 0.6 is 37.2 Å². The number of aromatic nitrogens is 3. The number of anilines is 2. The first kappa shape index (κ1) is 29.4. The second-order valence-corrected chi connectivity index (χ2v) is 7.61. The van der Waals surface area contributed by atoms with Crippen LogP contribution in [0.5, 0.6) is 0 Å². The number of piperazine rings is 1. The highest BCUT2D eigenvalue weighted by atomic mass is 35.5. The Hall–Kier alpha value is -2.65. The van der Waals surface area contributed by atoms with E-state index in [2.05, 4.69) is 36.9 Å². The average Bonchev–Trinajstić information content (AvgIpc) is 2.84. The van der Waals surface area contributed by atoms with Gasteiger partial charge in [-0.25, -0.2) is 9.97 Å². The third-order valence-corrected chi connectivity index (χ3v) is 5.49. The second kappa shape index (κ2) is 13.9. The Labute approximate surface area is 218 Å². The Morgan fingerprint density at radius 3 is 2.24 bits per heavy atom. The fourth-order valence-electron chi connectivity index (χ4n) is 3.71. The number of nitrogens with zero attached hydrogens (tertiary/aromatic N) is 6. The van der Waals surface area contributed by atoms with Crippen molar-refractivity contribution in [2.24, 2.45) is 5.73 Å². The van der Waals surface area contributed by atoms with Gasteiger partial charge in [-0.2, -0.15) is 0 Å². The molecule has 184 valence electrons. The lowest BCUT2D eigenvalue weighted by atomic mass is 10.1. The first-order chi connectivity index (χ1) is 15.1. The molecule has 0 spiro atoms. The Morgan fingerprint density at radius 2 is 1.62 bits per heavy atom. The van der Waals surface area contributed by atoms with Crippen LogP contribution < -0.4 is 15.5 Å². The van der Waals surface area contributed by atoms with Crippen LogP contribution in [0.25, 0.3) is 11.1 Å². The Morgan fingerprint density at radius 1 is 0.941 bits per heavy atom. The van der Waals surface area contributed by atoms with Gasteiger partial charge in [0.15, 0.2) is 0 Å². The number of benzene rings is 1. The van der Waals surface area contributed by atoms with Crippen LogP contribution in [0.2, 0.25) is 0 Å². The molecule has 1 saturated heterocycles. The van der Waals surface area contributed by atoms with Crippen molar-refractivity contribution < 1.29 is 4.79 Å². The summed E-state index contributed by atoms with van der Waals surface area (Å²) in [6, 6.07) is 12.1. The van der Waals surface area contributed by atoms with Crippen molar-refractivity contribution in [3.63, 3.8) is 0 Å². The predicted molar refractivity (Wildman–Crippen MR) is 143 cm³/mol. The van der Waals surface area contributed by atoms with E-state index in [1.54, 1.807) is 18.1 Å². The first-order valence-electron chi connectivity index (χ1n) is 10.4. The van der Waals surface area contributed by atoms with Gasteiger partial charge in [0.2, 0.25) is 11.9 Å². The van der Waals surface area contributed by atoms with Crippen molar-refractivity contribution in [1.82, 2.24) is 19.9 Å². The predicted octanol–water partition coefficient (Wildman–Crippen LogP) is 3.05. The molecule has 0 atom stereocenters. The number of likely N-dealkylation sites (N-methyl/N-ethyl adjacent to an activating group) is 1. The number of rotatable bonds is 6. The normalized spacial score (nSPS) is 12.6. The van der Waals surface area contributed by atoms with Crippen LogP contribution in [0.3, 0.4) is 0 Å². The molecule has 2 aromatic heterocycles. The number of nitrogens with two attached hydrogens (primary N) is 1. The van der Waals surface area contributed by atoms with E-state index in [4.69, 9.17) is 5.73 Å². The van der Waals surface area contributed by atoms with Gasteiger partial charge in [-0.05, 0) is 29.3 Å². The van der Waals surface area contributed by atoms with E-state index in [-0.39, 0.29) is 49.7 Å². The monoisotopic (exact) mass is 525 g/mol. The van der Waals surface area contributed by atoms with Crippen molar-refractivity contribution in [2.75, 3.05) is 49.6 Å². The summed E-state index contributed by atoms with van der Waals surface area (Å²) in [5.74, 6) is 0.667. The van der Waals surface area contributed by atoms with Crippen LogP contribution in [-0.4, -0.2) is 65.5 Å². The number of hydrogen-bond acceptors (Lipinski definition) is 7. The highest BCUT2D eigenvalue weighted by molar-refractivity contribution is 5.86. The summed E-state index contributed by atoms with van der Waals surface area (Å²) in [4.78, 5) is 31.3. The maximum atomic E-state index is 11.7. The molecule has 34 heavy (non-hydrogen) atoms. The summed E-state index contributed by atoms with van der Waals surface area (Å²) < 4.78 is 0. The minimum atomic E-state index is -0.0817. The number of carbonyl (C=O) groups is 1. The van der Waals surface area contributed by atoms with Crippen LogP contribution in [0.4, 0.5) is 11.6 Å². The van der Waals surface area contributed by atoms with Gasteiger partial charge in [0.05, 0.1) is 18.4 Å². The summed E-state index contributed by atoms with van der Waals surface area (Å²) in [5, 5.41) is 0. The molecule has 2 N–H and O–H groups in total. The van der Waals surface area contributed by atoms with Crippen molar-refractivity contribution in [2.45, 2.75) is 6.54 Å². The molecule has 0 aliphatic carbocycles. The molecule has 1 amide bonds. The van der Waals surface area contributed by atoms with Gasteiger partial charge >= 0.3 is 0 Å². The zero-order chi connectivity index (χ0) is 21.6. The van der Waals surface area contributed by atoms with Gasteiger partial charge in [-0.1, -0.05) is 18.2 Å². The lowest BCUT2D eigenvalue weighted by molar-refractivity contribution is -0.128. The molecule has 4 rings (SSSR count). The maximum Gasteiger partial charge on any atom is 0.236 e. The molecular formula is C23H30Cl3N7O. The quantitative estimate of drug-likeness (QED) is 0.528. The third-order valence-electron chi connectivity index (χ3n) is 5.49. The molecule has 8 nitrogen and oxygen atoms in total. The summed E-state index contributed by atoms with van der Waals surface area (Å²) in [5.41, 5.74) is 9.61. The molecule has 0 unspecified atom stereocenters. The van der Waals surface area contributed by atoms with Gasteiger partial charge in [-0.3, -0.25) is 9.78 Å². The van der Waals surface area contributed by atoms with E-state index >= 15 is 0 Å². The van der Waals surface area contributed by atoms with E-state index in [0.29, 0.717) is 6.54 Å². The molecule has 3 heterocycles. The molecule has 0 saturated carbocycles. The van der Waals surface area contributed by atoms with Crippen molar-refractivity contribution in [1.29, 1.82) is 0 Å². The lowest BCUT2D eigenvalue weighted by Crippen LogP contribution is -2.47. The fraction of sp³-hybridized carbons (Fsp3) is 0.304. The zero-order valence-electron chi connectivity index (χ0n) is 18.9. The third kappa shape index (κ3) is 7.17. The Kier molecular flexibility index (Phi) is 12.0. The number of halogens is 3.